The smallest absolute Gasteiger partial charge is 0.160 e. The molecule has 9 aromatic rings. The van der Waals surface area contributed by atoms with Gasteiger partial charge in [-0.1, -0.05) is 0 Å². The molecule has 0 amide bonds. The summed E-state index contributed by atoms with van der Waals surface area (Å²) in [6.07, 6.45) is 5.76. The molecule has 0 bridgehead atoms. The molecule has 12 heteroatoms. The average Bonchev–Trinajstić information content (AvgIpc) is 3.93. The van der Waals surface area contributed by atoms with Crippen molar-refractivity contribution in [2.75, 3.05) is 0 Å². The second kappa shape index (κ2) is 11.7. The molecular weight excluding hydrogens is 725 g/mol. The number of carbonyl (C=O) groups is 2. The van der Waals surface area contributed by atoms with Crippen molar-refractivity contribution in [1.29, 1.82) is 0 Å². The van der Waals surface area contributed by atoms with Gasteiger partial charge in [0.25, 0.3) is 0 Å². The van der Waals surface area contributed by atoms with E-state index >= 15 is 0 Å². The van der Waals surface area contributed by atoms with Crippen LogP contribution in [-0.2, 0) is 0 Å². The van der Waals surface area contributed by atoms with Gasteiger partial charge in [-0.3, -0.25) is 9.59 Å². The molecule has 0 fully saturated rings. The number of fused-ring (bicyclic) bond motifs is 2. The van der Waals surface area contributed by atoms with E-state index in [1.807, 2.05) is 36.7 Å². The standard InChI is InChI=1S/C34H16N2O2S8/c37-15-19-1-3-21(39-19)23-5-7-25(41-23)31-13-35-33(45-31)29-11-17-9-28-18(10-27(17)43-29)12-30(44-28)34-36-14-32(46-34)26-8-6-24(42-26)22-4-2-20(16-38)40-22/h1-16H. The summed E-state index contributed by atoms with van der Waals surface area (Å²) in [5.41, 5.74) is 0. The Kier molecular flexibility index (Phi) is 7.28. The molecule has 8 heterocycles. The summed E-state index contributed by atoms with van der Waals surface area (Å²) in [6, 6.07) is 25.4. The molecule has 46 heavy (non-hydrogen) atoms. The molecule has 1 aromatic carbocycles. The van der Waals surface area contributed by atoms with Crippen molar-refractivity contribution in [3.8, 4) is 58.8 Å². The predicted molar refractivity (Wildman–Crippen MR) is 203 cm³/mol. The van der Waals surface area contributed by atoms with E-state index in [9.17, 15) is 9.59 Å². The molecule has 0 saturated carbocycles. The van der Waals surface area contributed by atoms with Crippen LogP contribution in [0.5, 0.6) is 0 Å². The van der Waals surface area contributed by atoms with Crippen LogP contribution >= 0.6 is 90.7 Å². The van der Waals surface area contributed by atoms with E-state index in [0.717, 1.165) is 51.9 Å². The van der Waals surface area contributed by atoms with E-state index in [4.69, 9.17) is 9.97 Å². The SMILES string of the molecule is O=Cc1ccc(-c2ccc(-c3cnc(-c4cc5cc6sc(-c7ncc(-c8ccc(-c9ccc(C=O)s9)s8)s7)cc6cc5s4)s3)s2)s1. The van der Waals surface area contributed by atoms with Gasteiger partial charge in [0.2, 0.25) is 0 Å². The van der Waals surface area contributed by atoms with Gasteiger partial charge in [0.05, 0.1) is 29.3 Å². The molecule has 0 aliphatic heterocycles. The lowest BCUT2D eigenvalue weighted by atomic mass is 10.2. The number of nitrogens with zero attached hydrogens (tertiary/aromatic N) is 2. The Bertz CT molecular complexity index is 2340. The van der Waals surface area contributed by atoms with Crippen molar-refractivity contribution >= 4 is 123 Å². The Morgan fingerprint density at radius 3 is 1.20 bits per heavy atom. The fraction of sp³-hybridized carbons (Fsp3) is 0. The normalized spacial score (nSPS) is 11.7. The molecule has 0 unspecified atom stereocenters. The van der Waals surface area contributed by atoms with Crippen molar-refractivity contribution in [1.82, 2.24) is 9.97 Å². The van der Waals surface area contributed by atoms with Crippen molar-refractivity contribution in [2.45, 2.75) is 0 Å². The third-order valence-corrected chi connectivity index (χ3v) is 16.8. The van der Waals surface area contributed by atoms with Crippen LogP contribution in [0.25, 0.3) is 79.0 Å². The van der Waals surface area contributed by atoms with Gasteiger partial charge < -0.3 is 0 Å². The highest BCUT2D eigenvalue weighted by molar-refractivity contribution is 7.31. The molecule has 0 aliphatic rings. The molecule has 0 aliphatic carbocycles. The molecular formula is C34H16N2O2S8. The lowest BCUT2D eigenvalue weighted by Gasteiger charge is -1.90. The number of rotatable bonds is 8. The van der Waals surface area contributed by atoms with E-state index in [-0.39, 0.29) is 0 Å². The van der Waals surface area contributed by atoms with Gasteiger partial charge in [-0.25, -0.2) is 9.97 Å². The Morgan fingerprint density at radius 1 is 0.391 bits per heavy atom. The van der Waals surface area contributed by atoms with E-state index < -0.39 is 0 Å². The Morgan fingerprint density at radius 2 is 0.783 bits per heavy atom. The first kappa shape index (κ1) is 28.7. The summed E-state index contributed by atoms with van der Waals surface area (Å²) in [5.74, 6) is 0. The monoisotopic (exact) mass is 740 g/mol. The number of aromatic nitrogens is 2. The van der Waals surface area contributed by atoms with Crippen molar-refractivity contribution < 1.29 is 9.59 Å². The van der Waals surface area contributed by atoms with Crippen LogP contribution in [0.15, 0.2) is 85.2 Å². The van der Waals surface area contributed by atoms with E-state index in [1.165, 1.54) is 72.1 Å². The number of hydrogen-bond donors (Lipinski definition) is 0. The number of aldehydes is 2. The highest BCUT2D eigenvalue weighted by Crippen LogP contribution is 2.46. The summed E-state index contributed by atoms with van der Waals surface area (Å²) in [5, 5.41) is 4.53. The second-order valence-electron chi connectivity index (χ2n) is 10.2. The zero-order valence-electron chi connectivity index (χ0n) is 23.2. The first-order valence-electron chi connectivity index (χ1n) is 13.8. The van der Waals surface area contributed by atoms with E-state index in [1.54, 1.807) is 68.0 Å². The zero-order chi connectivity index (χ0) is 30.8. The summed E-state index contributed by atoms with van der Waals surface area (Å²) in [6.45, 7) is 0. The highest BCUT2D eigenvalue weighted by atomic mass is 32.1. The maximum absolute atomic E-state index is 11.1. The number of benzene rings is 1. The maximum Gasteiger partial charge on any atom is 0.160 e. The molecule has 0 radical (unpaired) electrons. The maximum atomic E-state index is 11.1. The molecule has 222 valence electrons. The van der Waals surface area contributed by atoms with Crippen molar-refractivity contribution in [3.63, 3.8) is 0 Å². The molecule has 0 N–H and O–H groups in total. The number of thiophene rings is 6. The van der Waals surface area contributed by atoms with Crippen LogP contribution in [0.1, 0.15) is 19.3 Å². The van der Waals surface area contributed by atoms with Crippen molar-refractivity contribution in [2.24, 2.45) is 0 Å². The second-order valence-corrected chi connectivity index (χ2v) is 18.8. The van der Waals surface area contributed by atoms with Gasteiger partial charge in [-0.2, -0.15) is 0 Å². The lowest BCUT2D eigenvalue weighted by Crippen LogP contribution is -1.64. The van der Waals surface area contributed by atoms with Gasteiger partial charge in [0.15, 0.2) is 12.6 Å². The molecule has 0 spiro atoms. The number of thiazole rings is 2. The summed E-state index contributed by atoms with van der Waals surface area (Å²) in [4.78, 5) is 44.9. The van der Waals surface area contributed by atoms with Gasteiger partial charge >= 0.3 is 0 Å². The molecule has 9 rings (SSSR count). The van der Waals surface area contributed by atoms with E-state index in [2.05, 4.69) is 48.5 Å². The topological polar surface area (TPSA) is 59.9 Å². The zero-order valence-corrected chi connectivity index (χ0v) is 29.7. The fourth-order valence-electron chi connectivity index (χ4n) is 5.09. The fourth-order valence-corrected chi connectivity index (χ4v) is 13.2. The third-order valence-electron chi connectivity index (χ3n) is 7.26. The first-order valence-corrected chi connectivity index (χ1v) is 20.3. The molecule has 8 aromatic heterocycles. The lowest BCUT2D eigenvalue weighted by molar-refractivity contribution is 0.111. The minimum Gasteiger partial charge on any atom is -0.297 e. The Hall–Kier alpha value is -3.46. The van der Waals surface area contributed by atoms with Crippen LogP contribution in [0.4, 0.5) is 0 Å². The van der Waals surface area contributed by atoms with Crippen LogP contribution < -0.4 is 0 Å². The van der Waals surface area contributed by atoms with Gasteiger partial charge in [0, 0.05) is 51.1 Å². The van der Waals surface area contributed by atoms with Gasteiger partial charge in [0.1, 0.15) is 10.0 Å². The first-order chi connectivity index (χ1) is 22.6. The largest absolute Gasteiger partial charge is 0.297 e. The van der Waals surface area contributed by atoms with Gasteiger partial charge in [-0.15, -0.1) is 90.7 Å². The average molecular weight is 741 g/mol. The summed E-state index contributed by atoms with van der Waals surface area (Å²) >= 11 is 13.5. The predicted octanol–water partition coefficient (Wildman–Crippen LogP) is 12.9. The Balaban J connectivity index is 0.959. The summed E-state index contributed by atoms with van der Waals surface area (Å²) in [7, 11) is 0. The van der Waals surface area contributed by atoms with Crippen molar-refractivity contribution in [3.05, 3.63) is 94.9 Å². The molecule has 4 nitrogen and oxygen atoms in total. The minimum absolute atomic E-state index is 0.748. The van der Waals surface area contributed by atoms with E-state index in [0.29, 0.717) is 0 Å². The number of carbonyl (C=O) groups excluding carboxylic acids is 2. The quantitative estimate of drug-likeness (QED) is 0.146. The minimum atomic E-state index is 0.748. The third kappa shape index (κ3) is 5.19. The molecule has 0 saturated heterocycles. The van der Waals surface area contributed by atoms with Crippen LogP contribution in [-0.4, -0.2) is 22.5 Å². The van der Waals surface area contributed by atoms with Crippen LogP contribution in [0, 0.1) is 0 Å². The number of hydrogen-bond acceptors (Lipinski definition) is 12. The van der Waals surface area contributed by atoms with Crippen LogP contribution in [0.3, 0.4) is 0 Å². The Labute approximate surface area is 294 Å². The van der Waals surface area contributed by atoms with Crippen LogP contribution in [0.2, 0.25) is 0 Å². The van der Waals surface area contributed by atoms with Gasteiger partial charge in [-0.05, 0) is 83.6 Å². The highest BCUT2D eigenvalue weighted by Gasteiger charge is 2.16. The molecule has 0 atom stereocenters. The summed E-state index contributed by atoms with van der Waals surface area (Å²) < 4.78 is 2.51.